The fourth-order valence-corrected chi connectivity index (χ4v) is 2.84. The summed E-state index contributed by atoms with van der Waals surface area (Å²) in [6.45, 7) is 1.14. The van der Waals surface area contributed by atoms with Gasteiger partial charge < -0.3 is 29.1 Å². The smallest absolute Gasteiger partial charge is 0.382 e. The minimum absolute atomic E-state index is 0.168. The first-order chi connectivity index (χ1) is 7.36. The van der Waals surface area contributed by atoms with Gasteiger partial charge in [0.15, 0.2) is 5.75 Å². The molecule has 2 heterocycles. The predicted molar refractivity (Wildman–Crippen MR) is 52.4 cm³/mol. The molecule has 0 radical (unpaired) electrons. The molecule has 1 atom stereocenters. The Labute approximate surface area is 90.2 Å². The van der Waals surface area contributed by atoms with E-state index < -0.39 is 13.7 Å². The van der Waals surface area contributed by atoms with Crippen LogP contribution in [0.3, 0.4) is 0 Å². The average molecular weight is 245 g/mol. The average Bonchev–Trinajstić information content (AvgIpc) is 2.60. The van der Waals surface area contributed by atoms with Crippen molar-refractivity contribution in [2.24, 2.45) is 0 Å². The molecule has 1 unspecified atom stereocenters. The highest BCUT2D eigenvalue weighted by Crippen LogP contribution is 2.70. The normalized spacial score (nSPS) is 24.7. The van der Waals surface area contributed by atoms with E-state index in [0.29, 0.717) is 5.75 Å². The number of benzene rings is 1. The lowest BCUT2D eigenvalue weighted by atomic mass is 10.2. The first kappa shape index (κ1) is 9.77. The second kappa shape index (κ2) is 2.63. The molecule has 1 aromatic rings. The SMILES string of the molecule is CC(O)(O)Nc1ccc2c3c1OP(=O)(O2)O3. The zero-order chi connectivity index (χ0) is 11.6. The van der Waals surface area contributed by atoms with E-state index in [1.54, 1.807) is 0 Å². The number of nitrogens with one attached hydrogen (secondary N) is 1. The Bertz CT molecular complexity index is 522. The van der Waals surface area contributed by atoms with Crippen LogP contribution in [-0.2, 0) is 4.57 Å². The van der Waals surface area contributed by atoms with E-state index in [1.165, 1.54) is 12.1 Å². The number of fused-ring (bicyclic) bond motifs is 1. The van der Waals surface area contributed by atoms with Crippen molar-refractivity contribution in [1.29, 1.82) is 0 Å². The molecule has 0 saturated heterocycles. The Morgan fingerprint density at radius 3 is 2.56 bits per heavy atom. The molecule has 8 heteroatoms. The third-order valence-electron chi connectivity index (χ3n) is 2.06. The molecule has 16 heavy (non-hydrogen) atoms. The van der Waals surface area contributed by atoms with Crippen LogP contribution < -0.4 is 18.9 Å². The van der Waals surface area contributed by atoms with Crippen molar-refractivity contribution < 1.29 is 28.3 Å². The molecule has 3 N–H and O–H groups in total. The zero-order valence-electron chi connectivity index (χ0n) is 8.13. The Balaban J connectivity index is 2.07. The van der Waals surface area contributed by atoms with Crippen molar-refractivity contribution in [1.82, 2.24) is 0 Å². The van der Waals surface area contributed by atoms with E-state index >= 15 is 0 Å². The van der Waals surface area contributed by atoms with Gasteiger partial charge in [0.05, 0.1) is 5.69 Å². The summed E-state index contributed by atoms with van der Waals surface area (Å²) in [5, 5.41) is 20.8. The van der Waals surface area contributed by atoms with Crippen molar-refractivity contribution in [3.63, 3.8) is 0 Å². The molecule has 86 valence electrons. The van der Waals surface area contributed by atoms with Gasteiger partial charge >= 0.3 is 7.82 Å². The van der Waals surface area contributed by atoms with Crippen molar-refractivity contribution in [3.05, 3.63) is 12.1 Å². The number of phosphoric acid groups is 1. The lowest BCUT2D eigenvalue weighted by molar-refractivity contribution is -0.118. The Kier molecular flexibility index (Phi) is 1.60. The van der Waals surface area contributed by atoms with E-state index in [1.807, 2.05) is 0 Å². The molecule has 0 aromatic heterocycles. The van der Waals surface area contributed by atoms with E-state index in [4.69, 9.17) is 13.6 Å². The third-order valence-corrected chi connectivity index (χ3v) is 3.30. The Morgan fingerprint density at radius 1 is 1.25 bits per heavy atom. The Hall–Kier alpha value is -1.43. The van der Waals surface area contributed by atoms with Gasteiger partial charge in [-0.3, -0.25) is 0 Å². The summed E-state index contributed by atoms with van der Waals surface area (Å²) in [6, 6.07) is 3.02. The molecule has 3 rings (SSSR count). The lowest BCUT2D eigenvalue weighted by Gasteiger charge is -2.21. The molecule has 7 nitrogen and oxygen atoms in total. The van der Waals surface area contributed by atoms with Crippen molar-refractivity contribution >= 4 is 13.5 Å². The molecular formula is C8H8NO6P. The quantitative estimate of drug-likeness (QED) is 0.528. The maximum atomic E-state index is 11.6. The van der Waals surface area contributed by atoms with Crippen LogP contribution in [0.25, 0.3) is 0 Å². The number of anilines is 1. The zero-order valence-corrected chi connectivity index (χ0v) is 9.02. The molecule has 0 saturated carbocycles. The Morgan fingerprint density at radius 2 is 1.94 bits per heavy atom. The first-order valence-electron chi connectivity index (χ1n) is 4.45. The number of rotatable bonds is 2. The maximum Gasteiger partial charge on any atom is 0.647 e. The van der Waals surface area contributed by atoms with E-state index in [2.05, 4.69) is 5.32 Å². The molecule has 0 fully saturated rings. The molecule has 0 amide bonds. The largest absolute Gasteiger partial charge is 0.647 e. The van der Waals surface area contributed by atoms with Crippen LogP contribution in [0.5, 0.6) is 17.2 Å². The van der Waals surface area contributed by atoms with Gasteiger partial charge in [-0.05, 0) is 12.1 Å². The summed E-state index contributed by atoms with van der Waals surface area (Å²) >= 11 is 0. The van der Waals surface area contributed by atoms with Crippen LogP contribution in [0, 0.1) is 0 Å². The number of hydrogen-bond donors (Lipinski definition) is 3. The number of phosphoric ester groups is 1. The van der Waals surface area contributed by atoms with Crippen molar-refractivity contribution in [3.8, 4) is 17.2 Å². The van der Waals surface area contributed by atoms with Gasteiger partial charge in [-0.2, -0.15) is 4.57 Å². The van der Waals surface area contributed by atoms with Crippen LogP contribution in [0.1, 0.15) is 6.92 Å². The van der Waals surface area contributed by atoms with Gasteiger partial charge in [0.2, 0.25) is 17.4 Å². The second-order valence-electron chi connectivity index (χ2n) is 3.64. The van der Waals surface area contributed by atoms with E-state index in [0.717, 1.165) is 6.92 Å². The van der Waals surface area contributed by atoms with Gasteiger partial charge in [-0.15, -0.1) is 0 Å². The van der Waals surface area contributed by atoms with E-state index in [9.17, 15) is 14.8 Å². The first-order valence-corrected chi connectivity index (χ1v) is 5.91. The topological polar surface area (TPSA) is 97.2 Å². The van der Waals surface area contributed by atoms with Crippen LogP contribution >= 0.6 is 7.82 Å². The molecule has 2 aliphatic heterocycles. The highest BCUT2D eigenvalue weighted by molar-refractivity contribution is 7.50. The molecule has 2 aliphatic rings. The molecule has 2 bridgehead atoms. The van der Waals surface area contributed by atoms with Gasteiger partial charge in [-0.25, -0.2) is 0 Å². The van der Waals surface area contributed by atoms with Crippen molar-refractivity contribution in [2.75, 3.05) is 5.32 Å². The fourth-order valence-electron chi connectivity index (χ4n) is 1.55. The van der Waals surface area contributed by atoms with Gasteiger partial charge in [0, 0.05) is 6.92 Å². The highest BCUT2D eigenvalue weighted by atomic mass is 31.2. The number of aliphatic hydroxyl groups is 2. The van der Waals surface area contributed by atoms with E-state index in [-0.39, 0.29) is 17.2 Å². The minimum Gasteiger partial charge on any atom is -0.382 e. The summed E-state index contributed by atoms with van der Waals surface area (Å²) in [5.74, 6) is -1.39. The minimum atomic E-state index is -3.54. The monoisotopic (exact) mass is 245 g/mol. The molecule has 1 aromatic carbocycles. The van der Waals surface area contributed by atoms with Crippen LogP contribution in [0.2, 0.25) is 0 Å². The van der Waals surface area contributed by atoms with Crippen LogP contribution in [-0.4, -0.2) is 16.1 Å². The molecule has 0 aliphatic carbocycles. The maximum absolute atomic E-state index is 11.6. The standard InChI is InChI=1S/C8H8NO6P/c1-8(10,11)9-4-2-3-5-7-6(4)14-16(12,13-5)15-7/h2-3,9-11H,1H3. The second-order valence-corrected chi connectivity index (χ2v) is 5.08. The lowest BCUT2D eigenvalue weighted by Crippen LogP contribution is -2.33. The molecular weight excluding hydrogens is 237 g/mol. The van der Waals surface area contributed by atoms with Crippen LogP contribution in [0.15, 0.2) is 12.1 Å². The fraction of sp³-hybridized carbons (Fsp3) is 0.250. The van der Waals surface area contributed by atoms with Gasteiger partial charge in [0.25, 0.3) is 0 Å². The van der Waals surface area contributed by atoms with Gasteiger partial charge in [0.1, 0.15) is 0 Å². The number of hydrogen-bond acceptors (Lipinski definition) is 7. The third kappa shape index (κ3) is 1.33. The highest BCUT2D eigenvalue weighted by Gasteiger charge is 2.51. The van der Waals surface area contributed by atoms with Crippen molar-refractivity contribution in [2.45, 2.75) is 12.8 Å². The summed E-state index contributed by atoms with van der Waals surface area (Å²) in [5.41, 5.74) is 0.271. The molecule has 0 spiro atoms. The predicted octanol–water partition coefficient (Wildman–Crippen LogP) is 1.03. The summed E-state index contributed by atoms with van der Waals surface area (Å²) in [4.78, 5) is 0. The van der Waals surface area contributed by atoms with Gasteiger partial charge in [-0.1, -0.05) is 0 Å². The summed E-state index contributed by atoms with van der Waals surface area (Å²) < 4.78 is 26.5. The summed E-state index contributed by atoms with van der Waals surface area (Å²) in [7, 11) is -3.54. The summed E-state index contributed by atoms with van der Waals surface area (Å²) in [6.07, 6.45) is 0. The van der Waals surface area contributed by atoms with Crippen LogP contribution in [0.4, 0.5) is 5.69 Å².